The molecule has 1 rings (SSSR count). The smallest absolute Gasteiger partial charge is 0.332 e. The maximum absolute atomic E-state index is 10.5. The van der Waals surface area contributed by atoms with E-state index in [1.165, 1.54) is 6.92 Å². The van der Waals surface area contributed by atoms with Crippen LogP contribution in [0, 0.1) is 0 Å². The number of hydrogen-bond donors (Lipinski definition) is 2. The van der Waals surface area contributed by atoms with Gasteiger partial charge >= 0.3 is 8.60 Å². The third-order valence-corrected chi connectivity index (χ3v) is 3.20. The van der Waals surface area contributed by atoms with Crippen molar-refractivity contribution in [2.75, 3.05) is 25.1 Å². The van der Waals surface area contributed by atoms with E-state index in [2.05, 4.69) is 5.32 Å². The molecule has 0 radical (unpaired) electrons. The van der Waals surface area contributed by atoms with Crippen LogP contribution in [-0.4, -0.2) is 36.8 Å². The van der Waals surface area contributed by atoms with Crippen molar-refractivity contribution >= 4 is 26.2 Å². The number of anilines is 1. The standard InChI is InChI=1S/C8H9NO.C6H15O3P.C2H4O2/c1-7(10)9-8-5-3-2-4-6-8;1-4-7-10(8-5-2)9-6-3;1-2(3)4/h2-6H,1H3,(H,9,10);4-6H2,1-3H3;1H3,(H,3,4). The van der Waals surface area contributed by atoms with Gasteiger partial charge in [-0.15, -0.1) is 0 Å². The largest absolute Gasteiger partial charge is 0.481 e. The highest BCUT2D eigenvalue weighted by molar-refractivity contribution is 7.41. The molecule has 0 saturated carbocycles. The van der Waals surface area contributed by atoms with E-state index in [-0.39, 0.29) is 5.91 Å². The fraction of sp³-hybridized carbons (Fsp3) is 0.500. The van der Waals surface area contributed by atoms with E-state index in [1.54, 1.807) is 0 Å². The van der Waals surface area contributed by atoms with E-state index in [4.69, 9.17) is 23.5 Å². The van der Waals surface area contributed by atoms with Crippen LogP contribution in [0.1, 0.15) is 34.6 Å². The number of hydrogen-bond acceptors (Lipinski definition) is 5. The normalized spacial score (nSPS) is 9.25. The number of para-hydroxylation sites is 1. The Hall–Kier alpha value is -1.53. The van der Waals surface area contributed by atoms with Gasteiger partial charge in [0, 0.05) is 19.5 Å². The summed E-state index contributed by atoms with van der Waals surface area (Å²) < 4.78 is 15.4. The minimum absolute atomic E-state index is 0.0359. The molecule has 0 spiro atoms. The molecule has 0 aliphatic rings. The summed E-state index contributed by atoms with van der Waals surface area (Å²) in [7, 11) is -1.06. The topological polar surface area (TPSA) is 94.1 Å². The van der Waals surface area contributed by atoms with Crippen LogP contribution in [0.25, 0.3) is 0 Å². The third-order valence-electron chi connectivity index (χ3n) is 1.80. The second kappa shape index (κ2) is 17.8. The van der Waals surface area contributed by atoms with E-state index in [9.17, 15) is 4.79 Å². The van der Waals surface area contributed by atoms with E-state index in [0.29, 0.717) is 19.8 Å². The van der Waals surface area contributed by atoms with E-state index < -0.39 is 14.6 Å². The van der Waals surface area contributed by atoms with Gasteiger partial charge in [0.2, 0.25) is 5.91 Å². The summed E-state index contributed by atoms with van der Waals surface area (Å²) in [6, 6.07) is 9.37. The number of amides is 1. The molecule has 1 aromatic rings. The number of carboxylic acids is 1. The van der Waals surface area contributed by atoms with Gasteiger partial charge < -0.3 is 24.0 Å². The fourth-order valence-corrected chi connectivity index (χ4v) is 2.01. The Morgan fingerprint density at radius 1 is 0.958 bits per heavy atom. The molecule has 7 nitrogen and oxygen atoms in total. The van der Waals surface area contributed by atoms with Crippen LogP contribution in [0.15, 0.2) is 30.3 Å². The first-order valence-electron chi connectivity index (χ1n) is 7.58. The lowest BCUT2D eigenvalue weighted by atomic mass is 10.3. The maximum atomic E-state index is 10.5. The Morgan fingerprint density at radius 3 is 1.62 bits per heavy atom. The van der Waals surface area contributed by atoms with Crippen LogP contribution < -0.4 is 5.32 Å². The molecule has 0 unspecified atom stereocenters. The van der Waals surface area contributed by atoms with Gasteiger partial charge in [-0.25, -0.2) is 0 Å². The lowest BCUT2D eigenvalue weighted by Crippen LogP contribution is -2.04. The zero-order valence-electron chi connectivity index (χ0n) is 14.9. The first-order chi connectivity index (χ1) is 11.4. The summed E-state index contributed by atoms with van der Waals surface area (Å²) in [5.41, 5.74) is 0.843. The van der Waals surface area contributed by atoms with Gasteiger partial charge in [0.1, 0.15) is 0 Å². The predicted octanol–water partition coefficient (Wildman–Crippen LogP) is 4.06. The van der Waals surface area contributed by atoms with Gasteiger partial charge in [-0.2, -0.15) is 0 Å². The Morgan fingerprint density at radius 2 is 1.33 bits per heavy atom. The van der Waals surface area contributed by atoms with Gasteiger partial charge in [-0.05, 0) is 32.9 Å². The van der Waals surface area contributed by atoms with Gasteiger partial charge in [0.25, 0.3) is 5.97 Å². The summed E-state index contributed by atoms with van der Waals surface area (Å²) in [5, 5.41) is 10.1. The first kappa shape index (κ1) is 24.7. The quantitative estimate of drug-likeness (QED) is 0.711. The third kappa shape index (κ3) is 20.5. The van der Waals surface area contributed by atoms with E-state index >= 15 is 0 Å². The van der Waals surface area contributed by atoms with Crippen molar-refractivity contribution in [2.45, 2.75) is 34.6 Å². The molecule has 0 saturated heterocycles. The lowest BCUT2D eigenvalue weighted by Gasteiger charge is -2.12. The van der Waals surface area contributed by atoms with Crippen LogP contribution in [0.2, 0.25) is 0 Å². The molecule has 24 heavy (non-hydrogen) atoms. The molecule has 0 fully saturated rings. The van der Waals surface area contributed by atoms with Crippen molar-refractivity contribution < 1.29 is 28.3 Å². The van der Waals surface area contributed by atoms with Crippen molar-refractivity contribution in [2.24, 2.45) is 0 Å². The zero-order valence-corrected chi connectivity index (χ0v) is 15.8. The van der Waals surface area contributed by atoms with Crippen molar-refractivity contribution in [1.82, 2.24) is 0 Å². The molecule has 0 aliphatic heterocycles. The fourth-order valence-electron chi connectivity index (χ4n) is 1.15. The molecule has 0 heterocycles. The summed E-state index contributed by atoms with van der Waals surface area (Å²) in [6.45, 7) is 10.3. The highest BCUT2D eigenvalue weighted by Gasteiger charge is 2.07. The van der Waals surface area contributed by atoms with Crippen molar-refractivity contribution in [3.63, 3.8) is 0 Å². The molecule has 138 valence electrons. The molecule has 0 bridgehead atoms. The number of rotatable bonds is 7. The van der Waals surface area contributed by atoms with Gasteiger partial charge in [0.15, 0.2) is 0 Å². The zero-order chi connectivity index (χ0) is 18.8. The highest BCUT2D eigenvalue weighted by Crippen LogP contribution is 2.38. The number of benzene rings is 1. The average Bonchev–Trinajstić information content (AvgIpc) is 2.48. The SMILES string of the molecule is CC(=O)Nc1ccccc1.CC(=O)O.CCOP(OCC)OCC. The van der Waals surface area contributed by atoms with E-state index in [1.807, 2.05) is 51.1 Å². The van der Waals surface area contributed by atoms with Gasteiger partial charge in [0.05, 0.1) is 19.8 Å². The monoisotopic (exact) mass is 361 g/mol. The van der Waals surface area contributed by atoms with Crippen molar-refractivity contribution in [1.29, 1.82) is 0 Å². The molecular weight excluding hydrogens is 333 g/mol. The van der Waals surface area contributed by atoms with Crippen molar-refractivity contribution in [3.8, 4) is 0 Å². The second-order valence-electron chi connectivity index (χ2n) is 4.04. The number of aliphatic carboxylic acids is 1. The van der Waals surface area contributed by atoms with E-state index in [0.717, 1.165) is 12.6 Å². The predicted molar refractivity (Wildman–Crippen MR) is 95.9 cm³/mol. The molecule has 2 N–H and O–H groups in total. The highest BCUT2D eigenvalue weighted by atomic mass is 31.2. The molecule has 0 atom stereocenters. The Labute approximate surface area is 145 Å². The first-order valence-corrected chi connectivity index (χ1v) is 8.67. The minimum atomic E-state index is -1.06. The molecule has 0 aliphatic carbocycles. The summed E-state index contributed by atoms with van der Waals surface area (Å²) in [4.78, 5) is 19.5. The molecule has 1 amide bonds. The lowest BCUT2D eigenvalue weighted by molar-refractivity contribution is -0.134. The molecular formula is C16H28NO6P. The van der Waals surface area contributed by atoms with Gasteiger partial charge in [-0.1, -0.05) is 18.2 Å². The number of carboxylic acid groups (broad SMARTS) is 1. The average molecular weight is 361 g/mol. The van der Waals surface area contributed by atoms with Crippen LogP contribution in [0.5, 0.6) is 0 Å². The second-order valence-corrected chi connectivity index (χ2v) is 5.26. The number of nitrogens with one attached hydrogen (secondary N) is 1. The maximum Gasteiger partial charge on any atom is 0.332 e. The summed E-state index contributed by atoms with van der Waals surface area (Å²) in [6.07, 6.45) is 0. The van der Waals surface area contributed by atoms with Crippen LogP contribution >= 0.6 is 8.60 Å². The number of carbonyl (C=O) groups excluding carboxylic acids is 1. The molecule has 0 aromatic heterocycles. The number of carbonyl (C=O) groups is 2. The summed E-state index contributed by atoms with van der Waals surface area (Å²) >= 11 is 0. The van der Waals surface area contributed by atoms with Crippen LogP contribution in [0.3, 0.4) is 0 Å². The molecule has 1 aromatic carbocycles. The van der Waals surface area contributed by atoms with Crippen LogP contribution in [-0.2, 0) is 23.2 Å². The van der Waals surface area contributed by atoms with Crippen LogP contribution in [0.4, 0.5) is 5.69 Å². The Kier molecular flexibility index (Phi) is 18.4. The molecule has 8 heteroatoms. The Bertz CT molecular complexity index is 412. The Balaban J connectivity index is 0. The van der Waals surface area contributed by atoms with Gasteiger partial charge in [-0.3, -0.25) is 9.59 Å². The van der Waals surface area contributed by atoms with Crippen molar-refractivity contribution in [3.05, 3.63) is 30.3 Å². The minimum Gasteiger partial charge on any atom is -0.481 e. The summed E-state index contributed by atoms with van der Waals surface area (Å²) in [5.74, 6) is -0.869.